The molecule has 2 atom stereocenters. The van der Waals surface area contributed by atoms with Crippen LogP contribution in [0, 0.1) is 11.8 Å². The van der Waals surface area contributed by atoms with Crippen molar-refractivity contribution >= 4 is 6.29 Å². The Morgan fingerprint density at radius 1 is 1.25 bits per heavy atom. The molecule has 0 bridgehead atoms. The van der Waals surface area contributed by atoms with Gasteiger partial charge in [-0.2, -0.15) is 0 Å². The number of carbonyl (C=O) groups excluding carboxylic acids is 1. The first-order valence-electron chi connectivity index (χ1n) is 4.81. The lowest BCUT2D eigenvalue weighted by molar-refractivity contribution is -0.104. The second kappa shape index (κ2) is 7.08. The van der Waals surface area contributed by atoms with Gasteiger partial charge < -0.3 is 0 Å². The number of allylic oxidation sites excluding steroid dienone is 2. The lowest BCUT2D eigenvalue weighted by atomic mass is 9.93. The minimum absolute atomic E-state index is 0.705. The first-order valence-corrected chi connectivity index (χ1v) is 4.81. The molecule has 0 saturated heterocycles. The second-order valence-corrected chi connectivity index (χ2v) is 3.65. The smallest absolute Gasteiger partial charge is 0.142 e. The highest BCUT2D eigenvalue weighted by atomic mass is 16.1. The van der Waals surface area contributed by atoms with Crippen LogP contribution in [-0.2, 0) is 4.79 Å². The van der Waals surface area contributed by atoms with E-state index in [1.807, 2.05) is 6.08 Å². The largest absolute Gasteiger partial charge is 0.299 e. The number of carbonyl (C=O) groups is 1. The van der Waals surface area contributed by atoms with Crippen LogP contribution in [-0.4, -0.2) is 6.29 Å². The predicted molar refractivity (Wildman–Crippen MR) is 53.1 cm³/mol. The third-order valence-corrected chi connectivity index (χ3v) is 2.25. The topological polar surface area (TPSA) is 17.1 Å². The Balaban J connectivity index is 3.51. The molecule has 0 aromatic carbocycles. The van der Waals surface area contributed by atoms with Gasteiger partial charge in [-0.3, -0.25) is 4.79 Å². The molecular formula is C11H20O. The van der Waals surface area contributed by atoms with Crippen LogP contribution < -0.4 is 0 Å². The van der Waals surface area contributed by atoms with E-state index in [4.69, 9.17) is 0 Å². The molecule has 0 heterocycles. The monoisotopic (exact) mass is 168 g/mol. The Labute approximate surface area is 75.9 Å². The molecule has 0 fully saturated rings. The average Bonchev–Trinajstić information content (AvgIpc) is 2.05. The number of aldehydes is 1. The SMILES string of the molecule is CCC(C)CC(C)CC=CC=O. The van der Waals surface area contributed by atoms with Crippen LogP contribution >= 0.6 is 0 Å². The van der Waals surface area contributed by atoms with Crippen LogP contribution in [0.15, 0.2) is 12.2 Å². The molecule has 0 aromatic heterocycles. The van der Waals surface area contributed by atoms with E-state index >= 15 is 0 Å². The molecule has 0 radical (unpaired) electrons. The molecule has 0 amide bonds. The molecule has 0 aliphatic carbocycles. The molecule has 0 N–H and O–H groups in total. The summed E-state index contributed by atoms with van der Waals surface area (Å²) in [6.45, 7) is 6.74. The lowest BCUT2D eigenvalue weighted by Gasteiger charge is -2.13. The van der Waals surface area contributed by atoms with Crippen molar-refractivity contribution in [3.05, 3.63) is 12.2 Å². The van der Waals surface area contributed by atoms with E-state index in [-0.39, 0.29) is 0 Å². The molecule has 0 saturated carbocycles. The van der Waals surface area contributed by atoms with Gasteiger partial charge in [0.15, 0.2) is 0 Å². The van der Waals surface area contributed by atoms with Crippen LogP contribution in [0.1, 0.15) is 40.0 Å². The fourth-order valence-corrected chi connectivity index (χ4v) is 1.32. The second-order valence-electron chi connectivity index (χ2n) is 3.65. The lowest BCUT2D eigenvalue weighted by Crippen LogP contribution is -2.00. The normalized spacial score (nSPS) is 16.2. The summed E-state index contributed by atoms with van der Waals surface area (Å²) in [5.41, 5.74) is 0. The molecular weight excluding hydrogens is 148 g/mol. The van der Waals surface area contributed by atoms with Gasteiger partial charge >= 0.3 is 0 Å². The Morgan fingerprint density at radius 3 is 2.42 bits per heavy atom. The molecule has 0 aromatic rings. The highest BCUT2D eigenvalue weighted by Gasteiger charge is 2.04. The van der Waals surface area contributed by atoms with Crippen molar-refractivity contribution in [1.82, 2.24) is 0 Å². The quantitative estimate of drug-likeness (QED) is 0.439. The average molecular weight is 168 g/mol. The summed E-state index contributed by atoms with van der Waals surface area (Å²) >= 11 is 0. The number of hydrogen-bond acceptors (Lipinski definition) is 1. The first kappa shape index (κ1) is 11.4. The van der Waals surface area contributed by atoms with Crippen LogP contribution in [0.2, 0.25) is 0 Å². The fourth-order valence-electron chi connectivity index (χ4n) is 1.32. The zero-order valence-electron chi connectivity index (χ0n) is 8.42. The Morgan fingerprint density at radius 2 is 1.92 bits per heavy atom. The van der Waals surface area contributed by atoms with Gasteiger partial charge in [-0.05, 0) is 30.8 Å². The van der Waals surface area contributed by atoms with Gasteiger partial charge in [0.2, 0.25) is 0 Å². The van der Waals surface area contributed by atoms with E-state index in [0.717, 1.165) is 18.6 Å². The van der Waals surface area contributed by atoms with Crippen molar-refractivity contribution in [3.63, 3.8) is 0 Å². The summed E-state index contributed by atoms with van der Waals surface area (Å²) in [5.74, 6) is 1.51. The summed E-state index contributed by atoms with van der Waals surface area (Å²) in [5, 5.41) is 0. The molecule has 70 valence electrons. The molecule has 0 spiro atoms. The van der Waals surface area contributed by atoms with E-state index in [1.54, 1.807) is 6.08 Å². The van der Waals surface area contributed by atoms with Crippen molar-refractivity contribution < 1.29 is 4.79 Å². The summed E-state index contributed by atoms with van der Waals surface area (Å²) in [6.07, 6.45) is 7.94. The number of rotatable bonds is 6. The minimum atomic E-state index is 0.705. The molecule has 1 heteroatoms. The maximum absolute atomic E-state index is 9.98. The van der Waals surface area contributed by atoms with Gasteiger partial charge in [0, 0.05) is 0 Å². The molecule has 2 unspecified atom stereocenters. The standard InChI is InChI=1S/C11H20O/c1-4-10(2)9-11(3)7-5-6-8-12/h5-6,8,10-11H,4,7,9H2,1-3H3. The van der Waals surface area contributed by atoms with E-state index in [9.17, 15) is 4.79 Å². The molecule has 12 heavy (non-hydrogen) atoms. The Kier molecular flexibility index (Phi) is 6.73. The molecule has 0 aliphatic heterocycles. The summed E-state index contributed by atoms with van der Waals surface area (Å²) < 4.78 is 0. The maximum atomic E-state index is 9.98. The Bertz CT molecular complexity index is 138. The molecule has 0 aliphatic rings. The number of hydrogen-bond donors (Lipinski definition) is 0. The van der Waals surface area contributed by atoms with Crippen LogP contribution in [0.25, 0.3) is 0 Å². The van der Waals surface area contributed by atoms with Crippen LogP contribution in [0.4, 0.5) is 0 Å². The summed E-state index contributed by atoms with van der Waals surface area (Å²) in [6, 6.07) is 0. The predicted octanol–water partition coefficient (Wildman–Crippen LogP) is 3.20. The van der Waals surface area contributed by atoms with Crippen molar-refractivity contribution in [2.24, 2.45) is 11.8 Å². The van der Waals surface area contributed by atoms with E-state index in [0.29, 0.717) is 5.92 Å². The minimum Gasteiger partial charge on any atom is -0.299 e. The van der Waals surface area contributed by atoms with Crippen molar-refractivity contribution in [2.45, 2.75) is 40.0 Å². The van der Waals surface area contributed by atoms with Crippen LogP contribution in [0.3, 0.4) is 0 Å². The molecule has 0 rings (SSSR count). The fraction of sp³-hybridized carbons (Fsp3) is 0.727. The van der Waals surface area contributed by atoms with Gasteiger partial charge in [-0.25, -0.2) is 0 Å². The van der Waals surface area contributed by atoms with E-state index < -0.39 is 0 Å². The highest BCUT2D eigenvalue weighted by Crippen LogP contribution is 2.17. The maximum Gasteiger partial charge on any atom is 0.142 e. The van der Waals surface area contributed by atoms with E-state index in [2.05, 4.69) is 20.8 Å². The molecule has 1 nitrogen and oxygen atoms in total. The third-order valence-electron chi connectivity index (χ3n) is 2.25. The van der Waals surface area contributed by atoms with Gasteiger partial charge in [0.05, 0.1) is 0 Å². The van der Waals surface area contributed by atoms with E-state index in [1.165, 1.54) is 12.8 Å². The third kappa shape index (κ3) is 6.14. The summed E-state index contributed by atoms with van der Waals surface area (Å²) in [7, 11) is 0. The van der Waals surface area contributed by atoms with Gasteiger partial charge in [0.1, 0.15) is 6.29 Å². The van der Waals surface area contributed by atoms with Gasteiger partial charge in [-0.1, -0.05) is 33.3 Å². The van der Waals surface area contributed by atoms with Crippen molar-refractivity contribution in [2.75, 3.05) is 0 Å². The van der Waals surface area contributed by atoms with Gasteiger partial charge in [0.25, 0.3) is 0 Å². The van der Waals surface area contributed by atoms with Crippen molar-refractivity contribution in [3.8, 4) is 0 Å². The first-order chi connectivity index (χ1) is 5.70. The Hall–Kier alpha value is -0.590. The summed E-state index contributed by atoms with van der Waals surface area (Å²) in [4.78, 5) is 9.98. The zero-order valence-corrected chi connectivity index (χ0v) is 8.42. The zero-order chi connectivity index (χ0) is 9.40. The van der Waals surface area contributed by atoms with Crippen LogP contribution in [0.5, 0.6) is 0 Å². The van der Waals surface area contributed by atoms with Crippen molar-refractivity contribution in [1.29, 1.82) is 0 Å². The highest BCUT2D eigenvalue weighted by molar-refractivity contribution is 5.64. The van der Waals surface area contributed by atoms with Gasteiger partial charge in [-0.15, -0.1) is 0 Å².